The molecule has 3 rings (SSSR count). The third kappa shape index (κ3) is 5.02. The highest BCUT2D eigenvalue weighted by Gasteiger charge is 2.14. The quantitative estimate of drug-likeness (QED) is 0.626. The third-order valence-electron chi connectivity index (χ3n) is 4.15. The minimum Gasteiger partial charge on any atom is -0.350 e. The van der Waals surface area contributed by atoms with Crippen LogP contribution in [0, 0.1) is 0 Å². The summed E-state index contributed by atoms with van der Waals surface area (Å²) in [6.45, 7) is 1.81. The van der Waals surface area contributed by atoms with Crippen molar-refractivity contribution in [3.8, 4) is 11.4 Å². The maximum absolute atomic E-state index is 12.2. The number of benzene rings is 2. The SMILES string of the molecule is CC(NC(=O)CCc1nc(-c2ccccc2)no1)c1ccc(S(N)(=O)=O)cc1. The van der Waals surface area contributed by atoms with Crippen LogP contribution in [0.4, 0.5) is 0 Å². The number of aryl methyl sites for hydroxylation is 1. The largest absolute Gasteiger partial charge is 0.350 e. The molecule has 146 valence electrons. The van der Waals surface area contributed by atoms with Crippen LogP contribution in [-0.4, -0.2) is 24.5 Å². The van der Waals surface area contributed by atoms with E-state index in [4.69, 9.17) is 9.66 Å². The third-order valence-corrected chi connectivity index (χ3v) is 5.08. The molecule has 1 aromatic heterocycles. The molecule has 2 aromatic carbocycles. The lowest BCUT2D eigenvalue weighted by atomic mass is 10.1. The van der Waals surface area contributed by atoms with Crippen LogP contribution in [0.5, 0.6) is 0 Å². The van der Waals surface area contributed by atoms with Crippen molar-refractivity contribution in [3.05, 3.63) is 66.1 Å². The number of aromatic nitrogens is 2. The first-order valence-electron chi connectivity index (χ1n) is 8.63. The van der Waals surface area contributed by atoms with Gasteiger partial charge in [0.25, 0.3) is 0 Å². The van der Waals surface area contributed by atoms with Crippen molar-refractivity contribution >= 4 is 15.9 Å². The van der Waals surface area contributed by atoms with E-state index in [1.165, 1.54) is 12.1 Å². The molecule has 8 nitrogen and oxygen atoms in total. The van der Waals surface area contributed by atoms with Crippen molar-refractivity contribution in [2.75, 3.05) is 0 Å². The van der Waals surface area contributed by atoms with Crippen LogP contribution in [0.1, 0.15) is 30.8 Å². The molecule has 1 atom stereocenters. The molecule has 0 spiro atoms. The fraction of sp³-hybridized carbons (Fsp3) is 0.211. The zero-order valence-electron chi connectivity index (χ0n) is 15.2. The predicted octanol–water partition coefficient (Wildman–Crippen LogP) is 2.19. The van der Waals surface area contributed by atoms with E-state index < -0.39 is 10.0 Å². The van der Waals surface area contributed by atoms with Crippen molar-refractivity contribution in [1.82, 2.24) is 15.5 Å². The molecule has 1 amide bonds. The van der Waals surface area contributed by atoms with Crippen molar-refractivity contribution in [2.45, 2.75) is 30.7 Å². The summed E-state index contributed by atoms with van der Waals surface area (Å²) in [5.41, 5.74) is 1.61. The standard InChI is InChI=1S/C19H20N4O4S/c1-13(14-7-9-16(10-8-14)28(20,25)26)21-17(24)11-12-18-22-19(23-27-18)15-5-3-2-4-6-15/h2-10,13H,11-12H2,1H3,(H,21,24)(H2,20,25,26). The van der Waals surface area contributed by atoms with Crippen molar-refractivity contribution in [3.63, 3.8) is 0 Å². The molecule has 0 aliphatic carbocycles. The number of nitrogens with zero attached hydrogens (tertiary/aromatic N) is 2. The normalized spacial score (nSPS) is 12.5. The Morgan fingerprint density at radius 1 is 1.14 bits per heavy atom. The Morgan fingerprint density at radius 3 is 2.46 bits per heavy atom. The highest BCUT2D eigenvalue weighted by Crippen LogP contribution is 2.17. The molecule has 3 aromatic rings. The van der Waals surface area contributed by atoms with Gasteiger partial charge in [-0.2, -0.15) is 4.98 Å². The highest BCUT2D eigenvalue weighted by atomic mass is 32.2. The van der Waals surface area contributed by atoms with Gasteiger partial charge in [-0.3, -0.25) is 4.79 Å². The molecule has 1 heterocycles. The Morgan fingerprint density at radius 2 is 1.82 bits per heavy atom. The lowest BCUT2D eigenvalue weighted by Crippen LogP contribution is -2.26. The number of amides is 1. The lowest BCUT2D eigenvalue weighted by molar-refractivity contribution is -0.121. The van der Waals surface area contributed by atoms with E-state index in [-0.39, 0.29) is 23.3 Å². The number of carbonyl (C=O) groups is 1. The van der Waals surface area contributed by atoms with E-state index in [1.54, 1.807) is 12.1 Å². The van der Waals surface area contributed by atoms with Crippen LogP contribution in [0.2, 0.25) is 0 Å². The number of primary sulfonamides is 1. The van der Waals surface area contributed by atoms with Gasteiger partial charge in [0.05, 0.1) is 10.9 Å². The Kier molecular flexibility index (Phi) is 5.86. The van der Waals surface area contributed by atoms with E-state index in [0.29, 0.717) is 18.1 Å². The first kappa shape index (κ1) is 19.7. The molecule has 0 aliphatic rings. The first-order chi connectivity index (χ1) is 13.3. The summed E-state index contributed by atoms with van der Waals surface area (Å²) in [5, 5.41) is 11.9. The van der Waals surface area contributed by atoms with Gasteiger partial charge in [-0.1, -0.05) is 47.6 Å². The maximum Gasteiger partial charge on any atom is 0.238 e. The van der Waals surface area contributed by atoms with Gasteiger partial charge in [0, 0.05) is 18.4 Å². The Bertz CT molecular complexity index is 1050. The fourth-order valence-corrected chi connectivity index (χ4v) is 3.14. The average molecular weight is 400 g/mol. The Balaban J connectivity index is 1.54. The van der Waals surface area contributed by atoms with E-state index in [0.717, 1.165) is 11.1 Å². The van der Waals surface area contributed by atoms with E-state index >= 15 is 0 Å². The molecule has 0 bridgehead atoms. The topological polar surface area (TPSA) is 128 Å². The van der Waals surface area contributed by atoms with Gasteiger partial charge < -0.3 is 9.84 Å². The number of sulfonamides is 1. The minimum absolute atomic E-state index is 0.0281. The molecule has 0 saturated heterocycles. The van der Waals surface area contributed by atoms with Crippen LogP contribution in [0.15, 0.2) is 64.0 Å². The number of nitrogens with one attached hydrogen (secondary N) is 1. The summed E-state index contributed by atoms with van der Waals surface area (Å²) in [7, 11) is -3.74. The molecule has 28 heavy (non-hydrogen) atoms. The van der Waals surface area contributed by atoms with Crippen LogP contribution in [0.3, 0.4) is 0 Å². The molecule has 0 aliphatic heterocycles. The number of hydrogen-bond acceptors (Lipinski definition) is 6. The van der Waals surface area contributed by atoms with E-state index in [2.05, 4.69) is 15.5 Å². The maximum atomic E-state index is 12.2. The van der Waals surface area contributed by atoms with Crippen molar-refractivity contribution in [2.24, 2.45) is 5.14 Å². The second-order valence-corrected chi connectivity index (χ2v) is 7.84. The molecular weight excluding hydrogens is 380 g/mol. The summed E-state index contributed by atoms with van der Waals surface area (Å²) in [6, 6.07) is 15.2. The zero-order chi connectivity index (χ0) is 20.1. The van der Waals surface area contributed by atoms with Gasteiger partial charge in [-0.15, -0.1) is 0 Å². The number of carbonyl (C=O) groups excluding carboxylic acids is 1. The number of hydrogen-bond donors (Lipinski definition) is 2. The summed E-state index contributed by atoms with van der Waals surface area (Å²) in [4.78, 5) is 16.5. The van der Waals surface area contributed by atoms with Crippen LogP contribution in [0.25, 0.3) is 11.4 Å². The number of nitrogens with two attached hydrogens (primary N) is 1. The molecular formula is C19H20N4O4S. The molecule has 0 saturated carbocycles. The van der Waals surface area contributed by atoms with Gasteiger partial charge in [-0.25, -0.2) is 13.6 Å². The van der Waals surface area contributed by atoms with Gasteiger partial charge in [-0.05, 0) is 24.6 Å². The van der Waals surface area contributed by atoms with Crippen LogP contribution < -0.4 is 10.5 Å². The molecule has 0 radical (unpaired) electrons. The summed E-state index contributed by atoms with van der Waals surface area (Å²) >= 11 is 0. The monoisotopic (exact) mass is 400 g/mol. The second-order valence-electron chi connectivity index (χ2n) is 6.28. The van der Waals surface area contributed by atoms with Crippen molar-refractivity contribution < 1.29 is 17.7 Å². The molecule has 1 unspecified atom stereocenters. The van der Waals surface area contributed by atoms with Crippen molar-refractivity contribution in [1.29, 1.82) is 0 Å². The molecule has 3 N–H and O–H groups in total. The van der Waals surface area contributed by atoms with Gasteiger partial charge in [0.1, 0.15) is 0 Å². The Hall–Kier alpha value is -3.04. The highest BCUT2D eigenvalue weighted by molar-refractivity contribution is 7.89. The van der Waals surface area contributed by atoms with Gasteiger partial charge >= 0.3 is 0 Å². The summed E-state index contributed by atoms with van der Waals surface area (Å²) < 4.78 is 27.8. The average Bonchev–Trinajstić information content (AvgIpc) is 3.15. The first-order valence-corrected chi connectivity index (χ1v) is 10.2. The fourth-order valence-electron chi connectivity index (χ4n) is 2.62. The summed E-state index contributed by atoms with van der Waals surface area (Å²) in [5.74, 6) is 0.695. The van der Waals surface area contributed by atoms with Gasteiger partial charge in [0.15, 0.2) is 0 Å². The smallest absolute Gasteiger partial charge is 0.238 e. The summed E-state index contributed by atoms with van der Waals surface area (Å²) in [6.07, 6.45) is 0.513. The second kappa shape index (κ2) is 8.32. The van der Waals surface area contributed by atoms with Crippen LogP contribution >= 0.6 is 0 Å². The Labute approximate surface area is 162 Å². The minimum atomic E-state index is -3.74. The molecule has 9 heteroatoms. The number of rotatable bonds is 7. The zero-order valence-corrected chi connectivity index (χ0v) is 16.0. The molecule has 0 fully saturated rings. The predicted molar refractivity (Wildman–Crippen MR) is 102 cm³/mol. The van der Waals surface area contributed by atoms with E-state index in [1.807, 2.05) is 37.3 Å². The lowest BCUT2D eigenvalue weighted by Gasteiger charge is -2.14. The van der Waals surface area contributed by atoms with Crippen LogP contribution in [-0.2, 0) is 21.2 Å². The van der Waals surface area contributed by atoms with E-state index in [9.17, 15) is 13.2 Å². The van der Waals surface area contributed by atoms with Gasteiger partial charge in [0.2, 0.25) is 27.6 Å².